The van der Waals surface area contributed by atoms with Gasteiger partial charge in [0.05, 0.1) is 7.11 Å². The van der Waals surface area contributed by atoms with E-state index in [1.54, 1.807) is 30.5 Å². The number of halogens is 1. The number of pyridine rings is 2. The number of hydrogen-bond acceptors (Lipinski definition) is 4. The molecule has 4 nitrogen and oxygen atoms in total. The molecule has 0 fully saturated rings. The Hall–Kier alpha value is -1.94. The summed E-state index contributed by atoms with van der Waals surface area (Å²) in [5.74, 6) is 0.194. The second-order valence-electron chi connectivity index (χ2n) is 3.25. The maximum Gasteiger partial charge on any atom is 0.216 e. The highest BCUT2D eigenvalue weighted by Gasteiger charge is 2.15. The molecule has 2 heterocycles. The zero-order chi connectivity index (χ0) is 12.3. The molecule has 0 unspecified atom stereocenters. The fraction of sp³-hybridized carbons (Fsp3) is 0.0833. The van der Waals surface area contributed by atoms with Crippen LogP contribution in [0, 0.1) is 0 Å². The van der Waals surface area contributed by atoms with Gasteiger partial charge < -0.3 is 4.74 Å². The maximum atomic E-state index is 12.1. The summed E-state index contributed by atoms with van der Waals surface area (Å²) in [5, 5.41) is 0.342. The van der Waals surface area contributed by atoms with Crippen molar-refractivity contribution in [1.29, 1.82) is 0 Å². The second kappa shape index (κ2) is 4.93. The van der Waals surface area contributed by atoms with E-state index in [1.807, 2.05) is 0 Å². The summed E-state index contributed by atoms with van der Waals surface area (Å²) in [5.41, 5.74) is 0.686. The Balaban J connectivity index is 2.40. The van der Waals surface area contributed by atoms with E-state index in [0.717, 1.165) is 0 Å². The Kier molecular flexibility index (Phi) is 3.35. The molecule has 2 rings (SSSR count). The van der Waals surface area contributed by atoms with Gasteiger partial charge in [-0.15, -0.1) is 0 Å². The van der Waals surface area contributed by atoms with E-state index in [2.05, 4.69) is 9.97 Å². The van der Waals surface area contributed by atoms with E-state index in [0.29, 0.717) is 16.5 Å². The van der Waals surface area contributed by atoms with Crippen LogP contribution in [0.2, 0.25) is 5.15 Å². The number of carbonyl (C=O) groups is 1. The molecule has 0 aliphatic carbocycles. The summed E-state index contributed by atoms with van der Waals surface area (Å²) >= 11 is 5.66. The molecule has 0 saturated heterocycles. The van der Waals surface area contributed by atoms with Crippen molar-refractivity contribution in [2.24, 2.45) is 0 Å². The molecule has 5 heteroatoms. The van der Waals surface area contributed by atoms with Crippen molar-refractivity contribution in [3.63, 3.8) is 0 Å². The van der Waals surface area contributed by atoms with Crippen molar-refractivity contribution in [2.45, 2.75) is 0 Å². The summed E-state index contributed by atoms with van der Waals surface area (Å²) in [6.45, 7) is 0. The molecular weight excluding hydrogens is 240 g/mol. The summed E-state index contributed by atoms with van der Waals surface area (Å²) in [7, 11) is 1.49. The number of rotatable bonds is 3. The van der Waals surface area contributed by atoms with Crippen LogP contribution in [0.1, 0.15) is 16.1 Å². The predicted molar refractivity (Wildman–Crippen MR) is 63.5 cm³/mol. The van der Waals surface area contributed by atoms with Crippen LogP contribution in [0.4, 0.5) is 0 Å². The Morgan fingerprint density at radius 2 is 2.12 bits per heavy atom. The molecule has 2 aromatic rings. The Labute approximate surface area is 103 Å². The number of ketones is 1. The van der Waals surface area contributed by atoms with Crippen molar-refractivity contribution in [3.05, 3.63) is 53.1 Å². The Bertz CT molecular complexity index is 540. The van der Waals surface area contributed by atoms with E-state index >= 15 is 0 Å². The minimum absolute atomic E-state index is 0.244. The highest BCUT2D eigenvalue weighted by Crippen LogP contribution is 2.18. The van der Waals surface area contributed by atoms with Gasteiger partial charge in [0.1, 0.15) is 10.9 Å². The van der Waals surface area contributed by atoms with Gasteiger partial charge in [0.2, 0.25) is 5.78 Å². The lowest BCUT2D eigenvalue weighted by Crippen LogP contribution is -2.06. The zero-order valence-corrected chi connectivity index (χ0v) is 9.81. The van der Waals surface area contributed by atoms with Crippen LogP contribution in [0.5, 0.6) is 5.75 Å². The van der Waals surface area contributed by atoms with Gasteiger partial charge in [0.25, 0.3) is 0 Å². The van der Waals surface area contributed by atoms with Crippen LogP contribution in [-0.2, 0) is 0 Å². The van der Waals surface area contributed by atoms with Crippen LogP contribution in [0.25, 0.3) is 0 Å². The summed E-state index contributed by atoms with van der Waals surface area (Å²) in [4.78, 5) is 20.0. The molecule has 0 aromatic carbocycles. The average molecular weight is 249 g/mol. The molecule has 0 aliphatic heterocycles. The number of ether oxygens (including phenoxy) is 1. The van der Waals surface area contributed by atoms with E-state index in [1.165, 1.54) is 13.3 Å². The van der Waals surface area contributed by atoms with Crippen LogP contribution in [-0.4, -0.2) is 22.9 Å². The van der Waals surface area contributed by atoms with Crippen molar-refractivity contribution >= 4 is 17.4 Å². The lowest BCUT2D eigenvalue weighted by molar-refractivity contribution is 0.103. The van der Waals surface area contributed by atoms with Crippen LogP contribution in [0.15, 0.2) is 36.7 Å². The number of hydrogen-bond donors (Lipinski definition) is 0. The fourth-order valence-corrected chi connectivity index (χ4v) is 1.48. The third-order valence-electron chi connectivity index (χ3n) is 2.20. The van der Waals surface area contributed by atoms with Gasteiger partial charge in [-0.3, -0.25) is 4.79 Å². The normalized spacial score (nSPS) is 10.0. The maximum absolute atomic E-state index is 12.1. The highest BCUT2D eigenvalue weighted by molar-refractivity contribution is 6.29. The number of nitrogens with zero attached hydrogens (tertiary/aromatic N) is 2. The molecule has 2 aromatic heterocycles. The minimum Gasteiger partial charge on any atom is -0.494 e. The molecule has 0 atom stereocenters. The molecule has 0 radical (unpaired) electrons. The van der Waals surface area contributed by atoms with Gasteiger partial charge in [0, 0.05) is 18.0 Å². The van der Waals surface area contributed by atoms with E-state index in [-0.39, 0.29) is 11.5 Å². The van der Waals surface area contributed by atoms with Crippen LogP contribution < -0.4 is 4.74 Å². The first-order chi connectivity index (χ1) is 8.22. The average Bonchev–Trinajstić information content (AvgIpc) is 2.39. The van der Waals surface area contributed by atoms with E-state index < -0.39 is 0 Å². The monoisotopic (exact) mass is 248 g/mol. The molecule has 0 saturated carbocycles. The van der Waals surface area contributed by atoms with Gasteiger partial charge in [0.15, 0.2) is 5.69 Å². The molecule has 0 amide bonds. The van der Waals surface area contributed by atoms with Gasteiger partial charge in [-0.05, 0) is 24.3 Å². The first-order valence-electron chi connectivity index (χ1n) is 4.87. The molecule has 86 valence electrons. The standard InChI is InChI=1S/C12H9ClN2O2/c1-17-9-3-2-6-14-11(9)12(16)8-4-5-10(13)15-7-8/h2-7H,1H3. The Morgan fingerprint density at radius 3 is 2.76 bits per heavy atom. The molecule has 0 bridgehead atoms. The number of carbonyl (C=O) groups excluding carboxylic acids is 1. The summed E-state index contributed by atoms with van der Waals surface area (Å²) in [6, 6.07) is 6.55. The molecule has 0 aliphatic rings. The summed E-state index contributed by atoms with van der Waals surface area (Å²) < 4.78 is 5.08. The highest BCUT2D eigenvalue weighted by atomic mass is 35.5. The fourth-order valence-electron chi connectivity index (χ4n) is 1.37. The van der Waals surface area contributed by atoms with Gasteiger partial charge in [-0.25, -0.2) is 9.97 Å². The largest absolute Gasteiger partial charge is 0.494 e. The van der Waals surface area contributed by atoms with Crippen molar-refractivity contribution in [3.8, 4) is 5.75 Å². The Morgan fingerprint density at radius 1 is 1.29 bits per heavy atom. The SMILES string of the molecule is COc1cccnc1C(=O)c1ccc(Cl)nc1. The number of methoxy groups -OCH3 is 1. The third kappa shape index (κ3) is 2.42. The second-order valence-corrected chi connectivity index (χ2v) is 3.64. The lowest BCUT2D eigenvalue weighted by Gasteiger charge is -2.05. The molecular formula is C12H9ClN2O2. The van der Waals surface area contributed by atoms with Crippen molar-refractivity contribution < 1.29 is 9.53 Å². The van der Waals surface area contributed by atoms with E-state index in [4.69, 9.17) is 16.3 Å². The minimum atomic E-state index is -0.244. The first-order valence-corrected chi connectivity index (χ1v) is 5.25. The van der Waals surface area contributed by atoms with Gasteiger partial charge in [-0.2, -0.15) is 0 Å². The topological polar surface area (TPSA) is 52.1 Å². The number of aromatic nitrogens is 2. The van der Waals surface area contributed by atoms with Gasteiger partial charge >= 0.3 is 0 Å². The molecule has 0 spiro atoms. The zero-order valence-electron chi connectivity index (χ0n) is 9.05. The van der Waals surface area contributed by atoms with Crippen LogP contribution >= 0.6 is 11.6 Å². The lowest BCUT2D eigenvalue weighted by atomic mass is 10.1. The molecule has 17 heavy (non-hydrogen) atoms. The van der Waals surface area contributed by atoms with Crippen molar-refractivity contribution in [1.82, 2.24) is 9.97 Å². The predicted octanol–water partition coefficient (Wildman–Crippen LogP) is 2.37. The smallest absolute Gasteiger partial charge is 0.216 e. The third-order valence-corrected chi connectivity index (χ3v) is 2.42. The van der Waals surface area contributed by atoms with Crippen LogP contribution in [0.3, 0.4) is 0 Å². The van der Waals surface area contributed by atoms with E-state index in [9.17, 15) is 4.79 Å². The quantitative estimate of drug-likeness (QED) is 0.618. The van der Waals surface area contributed by atoms with Crippen molar-refractivity contribution in [2.75, 3.05) is 7.11 Å². The summed E-state index contributed by atoms with van der Waals surface area (Å²) in [6.07, 6.45) is 2.96. The van der Waals surface area contributed by atoms with Gasteiger partial charge in [-0.1, -0.05) is 11.6 Å². The molecule has 0 N–H and O–H groups in total. The first kappa shape index (κ1) is 11.5.